The van der Waals surface area contributed by atoms with E-state index in [4.69, 9.17) is 10.8 Å². The summed E-state index contributed by atoms with van der Waals surface area (Å²) in [4.78, 5) is 15.1. The van der Waals surface area contributed by atoms with Gasteiger partial charge >= 0.3 is 5.69 Å². The Bertz CT molecular complexity index is 511. The summed E-state index contributed by atoms with van der Waals surface area (Å²) in [5.41, 5.74) is 5.02. The smallest absolute Gasteiger partial charge is 0.350 e. The molecule has 0 fully saturated rings. The normalized spacial score (nSPS) is 28.2. The van der Waals surface area contributed by atoms with Gasteiger partial charge in [0.15, 0.2) is 0 Å². The Labute approximate surface area is 96.5 Å². The molecule has 0 bridgehead atoms. The van der Waals surface area contributed by atoms with Crippen LogP contribution in [0.1, 0.15) is 6.04 Å². The summed E-state index contributed by atoms with van der Waals surface area (Å²) in [5.74, 6) is 0.0886. The van der Waals surface area contributed by atoms with Crippen LogP contribution in [0.25, 0.3) is 0 Å². The van der Waals surface area contributed by atoms with Crippen LogP contribution in [0.5, 0.6) is 0 Å². The molecular weight excluding hydrogens is 226 g/mol. The highest BCUT2D eigenvalue weighted by molar-refractivity contribution is 5.27. The lowest BCUT2D eigenvalue weighted by Crippen LogP contribution is -2.35. The van der Waals surface area contributed by atoms with Crippen molar-refractivity contribution in [2.45, 2.75) is 18.2 Å². The lowest BCUT2D eigenvalue weighted by molar-refractivity contribution is 0.0272. The fourth-order valence-corrected chi connectivity index (χ4v) is 1.87. The molecule has 0 spiro atoms. The van der Waals surface area contributed by atoms with Crippen LogP contribution >= 0.6 is 0 Å². The van der Waals surface area contributed by atoms with Crippen molar-refractivity contribution in [3.8, 4) is 0 Å². The van der Waals surface area contributed by atoms with Gasteiger partial charge in [0.05, 0.1) is 12.6 Å². The molecular formula is C10H13N3O4. The number of nitrogen functional groups attached to an aromatic ring is 1. The van der Waals surface area contributed by atoms with Crippen LogP contribution in [-0.4, -0.2) is 43.7 Å². The first-order valence-corrected chi connectivity index (χ1v) is 5.07. The number of nitrogens with zero attached hydrogens (tertiary/aromatic N) is 2. The van der Waals surface area contributed by atoms with Crippen LogP contribution in [-0.2, 0) is 0 Å². The molecule has 7 heteroatoms. The molecule has 92 valence electrons. The second-order valence-corrected chi connectivity index (χ2v) is 3.87. The number of aromatic nitrogens is 2. The zero-order valence-corrected chi connectivity index (χ0v) is 8.89. The molecule has 2 rings (SSSR count). The predicted octanol–water partition coefficient (Wildman–Crippen LogP) is -1.98. The Kier molecular flexibility index (Phi) is 2.97. The molecule has 7 nitrogen and oxygen atoms in total. The van der Waals surface area contributed by atoms with Crippen LogP contribution in [0.3, 0.4) is 0 Å². The van der Waals surface area contributed by atoms with Gasteiger partial charge in [-0.1, -0.05) is 6.08 Å². The zero-order valence-electron chi connectivity index (χ0n) is 8.89. The largest absolute Gasteiger partial charge is 0.392 e. The van der Waals surface area contributed by atoms with Crippen LogP contribution in [0.15, 0.2) is 28.7 Å². The molecule has 0 amide bonds. The van der Waals surface area contributed by atoms with E-state index in [1.807, 2.05) is 0 Å². The summed E-state index contributed by atoms with van der Waals surface area (Å²) in [6, 6.07) is 0.679. The lowest BCUT2D eigenvalue weighted by atomic mass is 10.1. The molecule has 0 saturated heterocycles. The minimum atomic E-state index is -1.18. The average molecular weight is 239 g/mol. The third-order valence-corrected chi connectivity index (χ3v) is 2.79. The summed E-state index contributed by atoms with van der Waals surface area (Å²) in [6.45, 7) is -0.369. The monoisotopic (exact) mass is 239 g/mol. The Morgan fingerprint density at radius 1 is 1.47 bits per heavy atom. The molecule has 3 atom stereocenters. The standard InChI is InChI=1S/C10H13N3O4/c11-7-1-2-13(10(17)12-7)6-3-5(4-14)8(15)9(6)16/h1-3,6,8-9,14-16H,4H2,(H2,11,12,17)/t6-,8+,9-/m1/s1. The molecule has 5 N–H and O–H groups in total. The third kappa shape index (κ3) is 1.95. The van der Waals surface area contributed by atoms with Crippen molar-refractivity contribution in [1.29, 1.82) is 0 Å². The Hall–Kier alpha value is -1.70. The molecule has 1 aromatic heterocycles. The van der Waals surface area contributed by atoms with Gasteiger partial charge in [-0.15, -0.1) is 0 Å². The van der Waals surface area contributed by atoms with Crippen molar-refractivity contribution >= 4 is 5.82 Å². The first kappa shape index (κ1) is 11.8. The van der Waals surface area contributed by atoms with Gasteiger partial charge in [-0.25, -0.2) is 4.79 Å². The Morgan fingerprint density at radius 3 is 2.71 bits per heavy atom. The van der Waals surface area contributed by atoms with Crippen LogP contribution in [0, 0.1) is 0 Å². The van der Waals surface area contributed by atoms with Crippen LogP contribution in [0.2, 0.25) is 0 Å². The van der Waals surface area contributed by atoms with Gasteiger partial charge in [0.25, 0.3) is 0 Å². The van der Waals surface area contributed by atoms with Crippen molar-refractivity contribution in [2.24, 2.45) is 0 Å². The van der Waals surface area contributed by atoms with E-state index >= 15 is 0 Å². The van der Waals surface area contributed by atoms with Gasteiger partial charge in [-0.2, -0.15) is 4.98 Å². The molecule has 0 saturated carbocycles. The molecule has 1 aliphatic rings. The second-order valence-electron chi connectivity index (χ2n) is 3.87. The highest BCUT2D eigenvalue weighted by Gasteiger charge is 2.35. The number of aliphatic hydroxyl groups is 3. The Balaban J connectivity index is 2.41. The van der Waals surface area contributed by atoms with E-state index < -0.39 is 23.9 Å². The van der Waals surface area contributed by atoms with Gasteiger partial charge in [0, 0.05) is 6.20 Å². The summed E-state index contributed by atoms with van der Waals surface area (Å²) in [5, 5.41) is 28.3. The molecule has 0 aliphatic heterocycles. The van der Waals surface area contributed by atoms with Gasteiger partial charge in [0.2, 0.25) is 0 Å². The van der Waals surface area contributed by atoms with E-state index in [0.29, 0.717) is 0 Å². The maximum atomic E-state index is 11.6. The average Bonchev–Trinajstić information content (AvgIpc) is 2.57. The van der Waals surface area contributed by atoms with Crippen molar-refractivity contribution in [3.05, 3.63) is 34.4 Å². The number of hydrogen-bond acceptors (Lipinski definition) is 6. The summed E-state index contributed by atoms with van der Waals surface area (Å²) in [7, 11) is 0. The zero-order chi connectivity index (χ0) is 12.6. The quantitative estimate of drug-likeness (QED) is 0.444. The molecule has 0 unspecified atom stereocenters. The van der Waals surface area contributed by atoms with Gasteiger partial charge in [0.1, 0.15) is 18.0 Å². The third-order valence-electron chi connectivity index (χ3n) is 2.79. The second kappa shape index (κ2) is 4.28. The number of nitrogens with two attached hydrogens (primary N) is 1. The first-order valence-electron chi connectivity index (χ1n) is 5.07. The van der Waals surface area contributed by atoms with E-state index in [1.54, 1.807) is 0 Å². The maximum Gasteiger partial charge on any atom is 0.350 e. The summed E-state index contributed by atoms with van der Waals surface area (Å²) in [6.07, 6.45) is 0.492. The number of aliphatic hydroxyl groups excluding tert-OH is 3. The molecule has 1 heterocycles. The van der Waals surface area contributed by atoms with Gasteiger partial charge in [-0.05, 0) is 11.6 Å². The van der Waals surface area contributed by atoms with Gasteiger partial charge < -0.3 is 21.1 Å². The van der Waals surface area contributed by atoms with E-state index in [9.17, 15) is 15.0 Å². The number of anilines is 1. The molecule has 0 radical (unpaired) electrons. The van der Waals surface area contributed by atoms with E-state index in [0.717, 1.165) is 4.57 Å². The first-order chi connectivity index (χ1) is 8.04. The van der Waals surface area contributed by atoms with Gasteiger partial charge in [-0.3, -0.25) is 4.57 Å². The Morgan fingerprint density at radius 2 is 2.18 bits per heavy atom. The van der Waals surface area contributed by atoms with Crippen molar-refractivity contribution in [3.63, 3.8) is 0 Å². The van der Waals surface area contributed by atoms with Crippen molar-refractivity contribution in [1.82, 2.24) is 9.55 Å². The lowest BCUT2D eigenvalue weighted by Gasteiger charge is -2.18. The number of rotatable bonds is 2. The van der Waals surface area contributed by atoms with Crippen LogP contribution < -0.4 is 11.4 Å². The summed E-state index contributed by atoms with van der Waals surface area (Å²) >= 11 is 0. The fourth-order valence-electron chi connectivity index (χ4n) is 1.87. The molecule has 0 aromatic carbocycles. The highest BCUT2D eigenvalue weighted by atomic mass is 16.3. The molecule has 1 aromatic rings. The van der Waals surface area contributed by atoms with Crippen molar-refractivity contribution in [2.75, 3.05) is 12.3 Å². The van der Waals surface area contributed by atoms with Crippen molar-refractivity contribution < 1.29 is 15.3 Å². The van der Waals surface area contributed by atoms with Crippen LogP contribution in [0.4, 0.5) is 5.82 Å². The molecule has 17 heavy (non-hydrogen) atoms. The van der Waals surface area contributed by atoms with E-state index in [-0.39, 0.29) is 18.0 Å². The topological polar surface area (TPSA) is 122 Å². The maximum absolute atomic E-state index is 11.6. The SMILES string of the molecule is Nc1ccn([C@@H]2C=C(CO)[C@H](O)[C@@H]2O)c(=O)n1. The summed E-state index contributed by atoms with van der Waals surface area (Å²) < 4.78 is 1.16. The minimum Gasteiger partial charge on any atom is -0.392 e. The minimum absolute atomic E-state index is 0.0886. The van der Waals surface area contributed by atoms with E-state index in [2.05, 4.69) is 4.98 Å². The highest BCUT2D eigenvalue weighted by Crippen LogP contribution is 2.27. The molecule has 1 aliphatic carbocycles. The van der Waals surface area contributed by atoms with E-state index in [1.165, 1.54) is 18.3 Å². The fraction of sp³-hybridized carbons (Fsp3) is 0.400. The number of hydrogen-bond donors (Lipinski definition) is 4. The predicted molar refractivity (Wildman–Crippen MR) is 59.1 cm³/mol.